The number of rotatable bonds is 4. The van der Waals surface area contributed by atoms with E-state index in [4.69, 9.17) is 4.74 Å². The summed E-state index contributed by atoms with van der Waals surface area (Å²) in [7, 11) is -4.12. The first kappa shape index (κ1) is 19.8. The Morgan fingerprint density at radius 3 is 2.32 bits per heavy atom. The number of carbonyl (C=O) groups is 1. The van der Waals surface area contributed by atoms with Crippen LogP contribution in [0.5, 0.6) is 0 Å². The van der Waals surface area contributed by atoms with Gasteiger partial charge in [-0.05, 0) is 46.6 Å². The summed E-state index contributed by atoms with van der Waals surface area (Å²) < 4.78 is 61.7. The van der Waals surface area contributed by atoms with Gasteiger partial charge in [-0.3, -0.25) is 0 Å². The number of nitrogens with zero attached hydrogens (tertiary/aromatic N) is 2. The molecule has 1 saturated carbocycles. The third-order valence-corrected chi connectivity index (χ3v) is 5.70. The van der Waals surface area contributed by atoms with E-state index >= 15 is 0 Å². The van der Waals surface area contributed by atoms with Gasteiger partial charge in [0, 0.05) is 24.8 Å². The van der Waals surface area contributed by atoms with Gasteiger partial charge in [0.05, 0.1) is 11.8 Å². The molecule has 1 aliphatic heterocycles. The lowest BCUT2D eigenvalue weighted by atomic mass is 9.83. The van der Waals surface area contributed by atoms with E-state index in [2.05, 4.69) is 4.40 Å². The van der Waals surface area contributed by atoms with Gasteiger partial charge in [0.15, 0.2) is 0 Å². The first-order valence-corrected chi connectivity index (χ1v) is 9.77. The molecule has 1 aliphatic carbocycles. The number of alkyl halides is 2. The van der Waals surface area contributed by atoms with Crippen LogP contribution in [0.3, 0.4) is 0 Å². The topological polar surface area (TPSA) is 76.0 Å². The predicted molar refractivity (Wildman–Crippen MR) is 89.5 cm³/mol. The van der Waals surface area contributed by atoms with E-state index in [1.54, 1.807) is 27.7 Å². The molecule has 0 unspecified atom stereocenters. The third kappa shape index (κ3) is 4.56. The molecule has 0 atom stereocenters. The fourth-order valence-corrected chi connectivity index (χ4v) is 4.49. The van der Waals surface area contributed by atoms with Crippen molar-refractivity contribution in [3.8, 4) is 0 Å². The van der Waals surface area contributed by atoms with E-state index in [1.165, 1.54) is 6.08 Å². The van der Waals surface area contributed by atoms with E-state index in [0.717, 1.165) is 4.31 Å². The summed E-state index contributed by atoms with van der Waals surface area (Å²) >= 11 is 0. The number of hydrogen-bond donors (Lipinski definition) is 0. The summed E-state index contributed by atoms with van der Waals surface area (Å²) in [6.45, 7) is 6.56. The number of esters is 1. The first-order valence-electron chi connectivity index (χ1n) is 8.37. The minimum atomic E-state index is -4.12. The number of hydrogen-bond acceptors (Lipinski definition) is 4. The number of carbonyl (C=O) groups excluding carboxylic acids is 1. The fourth-order valence-electron chi connectivity index (χ4n) is 3.03. The number of ether oxygens (including phenoxy) is 1. The van der Waals surface area contributed by atoms with Crippen LogP contribution in [0, 0.1) is 5.92 Å². The van der Waals surface area contributed by atoms with Crippen LogP contribution in [0.15, 0.2) is 16.2 Å². The van der Waals surface area contributed by atoms with Crippen LogP contribution in [0.2, 0.25) is 0 Å². The highest BCUT2D eigenvalue weighted by Crippen LogP contribution is 2.38. The fraction of sp³-hybridized carbons (Fsp3) is 0.750. The van der Waals surface area contributed by atoms with Crippen molar-refractivity contribution >= 4 is 21.9 Å². The molecular weight excluding hydrogens is 354 g/mol. The Bertz CT molecular complexity index is 689. The lowest BCUT2D eigenvalue weighted by molar-refractivity contribution is -0.144. The number of halogens is 2. The smallest absolute Gasteiger partial charge is 0.356 e. The van der Waals surface area contributed by atoms with Crippen molar-refractivity contribution in [3.05, 3.63) is 11.8 Å². The monoisotopic (exact) mass is 378 g/mol. The van der Waals surface area contributed by atoms with Crippen molar-refractivity contribution in [3.63, 3.8) is 0 Å². The zero-order valence-electron chi connectivity index (χ0n) is 14.8. The molecule has 0 aromatic heterocycles. The minimum absolute atomic E-state index is 0.119. The van der Waals surface area contributed by atoms with Crippen molar-refractivity contribution in [2.75, 3.05) is 0 Å². The van der Waals surface area contributed by atoms with Gasteiger partial charge in [0.1, 0.15) is 5.70 Å². The highest BCUT2D eigenvalue weighted by Gasteiger charge is 2.41. The summed E-state index contributed by atoms with van der Waals surface area (Å²) in [5.41, 5.74) is 0.0362. The normalized spacial score (nSPS) is 23.4. The van der Waals surface area contributed by atoms with Crippen molar-refractivity contribution in [1.82, 2.24) is 4.31 Å². The first-order chi connectivity index (χ1) is 11.4. The average Bonchev–Trinajstić information content (AvgIpc) is 2.43. The molecule has 0 N–H and O–H groups in total. The van der Waals surface area contributed by atoms with Crippen molar-refractivity contribution < 1.29 is 26.7 Å². The van der Waals surface area contributed by atoms with Crippen molar-refractivity contribution in [1.29, 1.82) is 0 Å². The predicted octanol–water partition coefficient (Wildman–Crippen LogP) is 3.06. The Hall–Kier alpha value is -1.51. The van der Waals surface area contributed by atoms with E-state index < -0.39 is 40.2 Å². The second-order valence-electron chi connectivity index (χ2n) is 7.00. The van der Waals surface area contributed by atoms with Gasteiger partial charge >= 0.3 is 16.2 Å². The third-order valence-electron chi connectivity index (χ3n) is 4.15. The molecule has 25 heavy (non-hydrogen) atoms. The van der Waals surface area contributed by atoms with Crippen LogP contribution in [-0.2, 0) is 19.7 Å². The summed E-state index contributed by atoms with van der Waals surface area (Å²) in [5, 5.41) is 0. The lowest BCUT2D eigenvalue weighted by Crippen LogP contribution is -2.43. The summed E-state index contributed by atoms with van der Waals surface area (Å²) in [4.78, 5) is 12.4. The molecule has 2 aliphatic rings. The summed E-state index contributed by atoms with van der Waals surface area (Å²) in [6, 6.07) is -0.531. The maximum atomic E-state index is 13.4. The van der Waals surface area contributed by atoms with Gasteiger partial charge in [-0.1, -0.05) is 0 Å². The maximum Gasteiger partial charge on any atom is 0.356 e. The molecule has 6 nitrogen and oxygen atoms in total. The van der Waals surface area contributed by atoms with Gasteiger partial charge in [0.25, 0.3) is 0 Å². The Kier molecular flexibility index (Phi) is 5.56. The van der Waals surface area contributed by atoms with Crippen LogP contribution < -0.4 is 0 Å². The molecule has 0 amide bonds. The van der Waals surface area contributed by atoms with Gasteiger partial charge in [-0.2, -0.15) is 8.42 Å². The molecule has 2 rings (SSSR count). The molecule has 0 aromatic carbocycles. The Labute approximate surface area is 147 Å². The summed E-state index contributed by atoms with van der Waals surface area (Å²) in [5.74, 6) is -3.90. The molecule has 0 radical (unpaired) electrons. The van der Waals surface area contributed by atoms with Crippen molar-refractivity contribution in [2.45, 2.75) is 71.4 Å². The standard InChI is InChI=1S/C16H24F2N2O4S/c1-10(2)20-14(15(21)24-11(3)4)9-13(19-25(20,22)23)12-5-7-16(17,18)8-6-12/h9-12H,5-8H2,1-4H3. The van der Waals surface area contributed by atoms with Gasteiger partial charge < -0.3 is 4.74 Å². The van der Waals surface area contributed by atoms with Gasteiger partial charge in [-0.25, -0.2) is 17.9 Å². The molecule has 9 heteroatoms. The number of allylic oxidation sites excluding steroid dienone is 1. The van der Waals surface area contributed by atoms with Crippen LogP contribution in [0.4, 0.5) is 8.78 Å². The zero-order valence-corrected chi connectivity index (χ0v) is 15.6. The molecule has 1 heterocycles. The lowest BCUT2D eigenvalue weighted by Gasteiger charge is -2.33. The highest BCUT2D eigenvalue weighted by molar-refractivity contribution is 7.88. The van der Waals surface area contributed by atoms with E-state index in [1.807, 2.05) is 0 Å². The zero-order chi connectivity index (χ0) is 19.0. The molecule has 1 fully saturated rings. The minimum Gasteiger partial charge on any atom is -0.458 e. The Morgan fingerprint density at radius 2 is 1.84 bits per heavy atom. The van der Waals surface area contributed by atoms with Gasteiger partial charge in [0.2, 0.25) is 5.92 Å². The van der Waals surface area contributed by atoms with Crippen LogP contribution in [-0.4, -0.2) is 42.5 Å². The second-order valence-corrected chi connectivity index (χ2v) is 8.47. The average molecular weight is 378 g/mol. The van der Waals surface area contributed by atoms with Crippen LogP contribution in [0.1, 0.15) is 53.4 Å². The van der Waals surface area contributed by atoms with E-state index in [-0.39, 0.29) is 37.1 Å². The quantitative estimate of drug-likeness (QED) is 0.705. The van der Waals surface area contributed by atoms with E-state index in [9.17, 15) is 22.0 Å². The second kappa shape index (κ2) is 7.01. The van der Waals surface area contributed by atoms with E-state index in [0.29, 0.717) is 0 Å². The largest absolute Gasteiger partial charge is 0.458 e. The van der Waals surface area contributed by atoms with Crippen molar-refractivity contribution in [2.24, 2.45) is 10.3 Å². The molecule has 0 aromatic rings. The van der Waals surface area contributed by atoms with Crippen LogP contribution >= 0.6 is 0 Å². The molecule has 0 saturated heterocycles. The SMILES string of the molecule is CC(C)OC(=O)C1=CC(C2CCC(F)(F)CC2)=NS(=O)(=O)N1C(C)C. The Balaban J connectivity index is 2.38. The van der Waals surface area contributed by atoms with Gasteiger partial charge in [-0.15, -0.1) is 4.40 Å². The van der Waals surface area contributed by atoms with Crippen LogP contribution in [0.25, 0.3) is 0 Å². The highest BCUT2D eigenvalue weighted by atomic mass is 32.2. The molecular formula is C16H24F2N2O4S. The maximum absolute atomic E-state index is 13.4. The molecule has 0 spiro atoms. The Morgan fingerprint density at radius 1 is 1.28 bits per heavy atom. The molecule has 0 bridgehead atoms. The summed E-state index contributed by atoms with van der Waals surface area (Å²) in [6.07, 6.45) is 0.590. The molecule has 142 valence electrons.